The van der Waals surface area contributed by atoms with Crippen LogP contribution in [0.5, 0.6) is 5.75 Å². The van der Waals surface area contributed by atoms with Crippen LogP contribution in [0, 0.1) is 0 Å². The summed E-state index contributed by atoms with van der Waals surface area (Å²) in [5.74, 6) is 5.32. The number of rotatable bonds is 2. The molecular weight excluding hydrogens is 312 g/mol. The van der Waals surface area contributed by atoms with Crippen LogP contribution in [0.4, 0.5) is 10.5 Å². The van der Waals surface area contributed by atoms with Crippen LogP contribution < -0.4 is 26.2 Å². The fourth-order valence-electron chi connectivity index (χ4n) is 2.40. The van der Waals surface area contributed by atoms with E-state index in [4.69, 9.17) is 15.3 Å². The van der Waals surface area contributed by atoms with Gasteiger partial charge in [-0.15, -0.1) is 0 Å². The highest BCUT2D eigenvalue weighted by Crippen LogP contribution is 2.31. The molecule has 0 radical (unpaired) electrons. The van der Waals surface area contributed by atoms with E-state index in [0.29, 0.717) is 17.9 Å². The lowest BCUT2D eigenvalue weighted by Gasteiger charge is -2.25. The van der Waals surface area contributed by atoms with Crippen LogP contribution in [-0.2, 0) is 4.74 Å². The predicted octanol–water partition coefficient (Wildman–Crippen LogP) is 1.01. The fourth-order valence-corrected chi connectivity index (χ4v) is 2.40. The van der Waals surface area contributed by atoms with Gasteiger partial charge < -0.3 is 19.7 Å². The third-order valence-corrected chi connectivity index (χ3v) is 3.42. The monoisotopic (exact) mass is 336 g/mol. The maximum absolute atomic E-state index is 11.9. The molecule has 0 unspecified atom stereocenters. The van der Waals surface area contributed by atoms with Crippen LogP contribution in [0.25, 0.3) is 0 Å². The maximum Gasteiger partial charge on any atom is 0.408 e. The third kappa shape index (κ3) is 4.51. The largest absolute Gasteiger partial charge is 0.489 e. The summed E-state index contributed by atoms with van der Waals surface area (Å²) < 4.78 is 11.0. The van der Waals surface area contributed by atoms with Gasteiger partial charge in [0.05, 0.1) is 11.7 Å². The van der Waals surface area contributed by atoms with Crippen LogP contribution in [-0.4, -0.2) is 43.8 Å². The molecule has 0 saturated heterocycles. The van der Waals surface area contributed by atoms with Crippen molar-refractivity contribution in [1.82, 2.24) is 10.7 Å². The summed E-state index contributed by atoms with van der Waals surface area (Å²) in [7, 11) is 1.89. The van der Waals surface area contributed by atoms with E-state index in [0.717, 1.165) is 5.69 Å². The number of alkyl carbamates (subject to hydrolysis) is 1. The van der Waals surface area contributed by atoms with Gasteiger partial charge in [-0.05, 0) is 39.0 Å². The Morgan fingerprint density at radius 2 is 2.08 bits per heavy atom. The van der Waals surface area contributed by atoms with Crippen molar-refractivity contribution in [2.45, 2.75) is 32.4 Å². The van der Waals surface area contributed by atoms with Gasteiger partial charge in [0, 0.05) is 19.2 Å². The van der Waals surface area contributed by atoms with Gasteiger partial charge in [0.2, 0.25) is 0 Å². The van der Waals surface area contributed by atoms with Gasteiger partial charge >= 0.3 is 6.09 Å². The number of nitrogen functional groups attached to an aromatic ring is 1. The van der Waals surface area contributed by atoms with Crippen molar-refractivity contribution >= 4 is 17.7 Å². The highest BCUT2D eigenvalue weighted by atomic mass is 16.6. The first-order chi connectivity index (χ1) is 11.2. The molecule has 0 spiro atoms. The first-order valence-corrected chi connectivity index (χ1v) is 7.68. The molecule has 2 amide bonds. The Balaban J connectivity index is 2.09. The van der Waals surface area contributed by atoms with Crippen molar-refractivity contribution in [2.24, 2.45) is 5.84 Å². The van der Waals surface area contributed by atoms with Crippen LogP contribution in [0.1, 0.15) is 31.1 Å². The summed E-state index contributed by atoms with van der Waals surface area (Å²) in [6.45, 7) is 6.24. The van der Waals surface area contributed by atoms with Gasteiger partial charge in [-0.25, -0.2) is 10.6 Å². The lowest BCUT2D eigenvalue weighted by molar-refractivity contribution is 0.0492. The van der Waals surface area contributed by atoms with Gasteiger partial charge in [-0.1, -0.05) is 0 Å². The molecule has 1 aromatic rings. The van der Waals surface area contributed by atoms with E-state index in [-0.39, 0.29) is 12.6 Å². The molecule has 4 N–H and O–H groups in total. The smallest absolute Gasteiger partial charge is 0.408 e. The first-order valence-electron chi connectivity index (χ1n) is 7.68. The van der Waals surface area contributed by atoms with E-state index < -0.39 is 17.6 Å². The number of amides is 2. The zero-order valence-electron chi connectivity index (χ0n) is 14.4. The van der Waals surface area contributed by atoms with Crippen LogP contribution in [0.15, 0.2) is 18.2 Å². The molecule has 1 atom stereocenters. The molecule has 8 heteroatoms. The van der Waals surface area contributed by atoms with Crippen LogP contribution in [0.3, 0.4) is 0 Å². The minimum absolute atomic E-state index is 0.246. The predicted molar refractivity (Wildman–Crippen MR) is 90.0 cm³/mol. The lowest BCUT2D eigenvalue weighted by atomic mass is 10.1. The Morgan fingerprint density at radius 3 is 2.71 bits per heavy atom. The minimum Gasteiger partial charge on any atom is -0.489 e. The maximum atomic E-state index is 11.9. The van der Waals surface area contributed by atoms with Crippen molar-refractivity contribution in [1.29, 1.82) is 0 Å². The number of hydrogen-bond donors (Lipinski definition) is 3. The van der Waals surface area contributed by atoms with Gasteiger partial charge in [-0.2, -0.15) is 0 Å². The summed E-state index contributed by atoms with van der Waals surface area (Å²) in [6, 6.07) is 4.84. The summed E-state index contributed by atoms with van der Waals surface area (Å²) >= 11 is 0. The molecule has 8 nitrogen and oxygen atoms in total. The fraction of sp³-hybridized carbons (Fsp3) is 0.500. The number of ether oxygens (including phenoxy) is 2. The zero-order valence-corrected chi connectivity index (χ0v) is 14.4. The number of hydrogen-bond acceptors (Lipinski definition) is 6. The number of likely N-dealkylation sites (N-methyl/N-ethyl adjacent to an activating group) is 1. The molecule has 1 aliphatic rings. The second kappa shape index (κ2) is 6.96. The molecule has 1 heterocycles. The number of carbonyl (C=O) groups excluding carboxylic acids is 2. The van der Waals surface area contributed by atoms with E-state index in [1.807, 2.05) is 32.7 Å². The van der Waals surface area contributed by atoms with Crippen LogP contribution in [0.2, 0.25) is 0 Å². The third-order valence-electron chi connectivity index (χ3n) is 3.42. The normalized spacial score (nSPS) is 17.2. The molecule has 1 aliphatic heterocycles. The molecule has 1 aromatic carbocycles. The average Bonchev–Trinajstić information content (AvgIpc) is 2.63. The van der Waals surface area contributed by atoms with E-state index >= 15 is 0 Å². The highest BCUT2D eigenvalue weighted by molar-refractivity contribution is 5.94. The van der Waals surface area contributed by atoms with Gasteiger partial charge in [0.1, 0.15) is 18.0 Å². The van der Waals surface area contributed by atoms with Gasteiger partial charge in [-0.3, -0.25) is 10.2 Å². The Bertz CT molecular complexity index is 627. The molecule has 0 saturated carbocycles. The average molecular weight is 336 g/mol. The van der Waals surface area contributed by atoms with Crippen molar-refractivity contribution in [2.75, 3.05) is 25.1 Å². The molecular formula is C16H24N4O4. The SMILES string of the molecule is CN1C[C@@H](NC(=O)OC(C)(C)C)COc2cc(C(=O)NN)ccc21. The summed E-state index contributed by atoms with van der Waals surface area (Å²) in [5, 5.41) is 2.80. The number of nitrogens with one attached hydrogen (secondary N) is 2. The van der Waals surface area contributed by atoms with E-state index in [1.54, 1.807) is 18.2 Å². The van der Waals surface area contributed by atoms with Crippen molar-refractivity contribution in [3.05, 3.63) is 23.8 Å². The van der Waals surface area contributed by atoms with Gasteiger partial charge in [0.15, 0.2) is 0 Å². The summed E-state index contributed by atoms with van der Waals surface area (Å²) in [5.41, 5.74) is 2.77. The minimum atomic E-state index is -0.560. The topological polar surface area (TPSA) is 106 Å². The Morgan fingerprint density at radius 1 is 1.38 bits per heavy atom. The number of anilines is 1. The summed E-state index contributed by atoms with van der Waals surface area (Å²) in [4.78, 5) is 25.5. The number of nitrogens with two attached hydrogens (primary N) is 1. The van der Waals surface area contributed by atoms with E-state index in [1.165, 1.54) is 0 Å². The number of nitrogens with zero attached hydrogens (tertiary/aromatic N) is 1. The van der Waals surface area contributed by atoms with E-state index in [2.05, 4.69) is 10.7 Å². The van der Waals surface area contributed by atoms with Crippen LogP contribution >= 0.6 is 0 Å². The molecule has 0 bridgehead atoms. The second-order valence-electron chi connectivity index (χ2n) is 6.69. The molecule has 2 rings (SSSR count). The number of fused-ring (bicyclic) bond motifs is 1. The number of carbonyl (C=O) groups is 2. The van der Waals surface area contributed by atoms with Crippen molar-refractivity contribution in [3.63, 3.8) is 0 Å². The highest BCUT2D eigenvalue weighted by Gasteiger charge is 2.25. The van der Waals surface area contributed by atoms with Gasteiger partial charge in [0.25, 0.3) is 5.91 Å². The first kappa shape index (κ1) is 17.9. The molecule has 0 aliphatic carbocycles. The molecule has 0 fully saturated rings. The molecule has 24 heavy (non-hydrogen) atoms. The molecule has 0 aromatic heterocycles. The Hall–Kier alpha value is -2.48. The summed E-state index contributed by atoms with van der Waals surface area (Å²) in [6.07, 6.45) is -0.487. The number of benzene rings is 1. The second-order valence-corrected chi connectivity index (χ2v) is 6.69. The lowest BCUT2D eigenvalue weighted by Crippen LogP contribution is -2.46. The number of hydrazine groups is 1. The quantitative estimate of drug-likeness (QED) is 0.423. The Kier molecular flexibility index (Phi) is 5.18. The van der Waals surface area contributed by atoms with E-state index in [9.17, 15) is 9.59 Å². The zero-order chi connectivity index (χ0) is 17.9. The molecule has 132 valence electrons. The van der Waals surface area contributed by atoms with Crippen molar-refractivity contribution < 1.29 is 19.1 Å². The van der Waals surface area contributed by atoms with Crippen molar-refractivity contribution in [3.8, 4) is 5.75 Å². The standard InChI is InChI=1S/C16H24N4O4/c1-16(2,3)24-15(22)18-11-8-20(4)12-6-5-10(14(21)19-17)7-13(12)23-9-11/h5-7,11H,8-9,17H2,1-4H3,(H,18,22)(H,19,21)/t11-/m1/s1. The Labute approximate surface area is 141 Å².